The van der Waals surface area contributed by atoms with Crippen LogP contribution in [-0.4, -0.2) is 22.3 Å². The number of hydrogen-bond acceptors (Lipinski definition) is 2. The Labute approximate surface area is 119 Å². The van der Waals surface area contributed by atoms with Gasteiger partial charge in [0.1, 0.15) is 5.82 Å². The minimum absolute atomic E-state index is 0.0570. The van der Waals surface area contributed by atoms with Crippen molar-refractivity contribution in [1.29, 1.82) is 0 Å². The highest BCUT2D eigenvalue weighted by atomic mass is 79.9. The van der Waals surface area contributed by atoms with E-state index in [-0.39, 0.29) is 17.9 Å². The van der Waals surface area contributed by atoms with Crippen LogP contribution in [0.3, 0.4) is 0 Å². The zero-order chi connectivity index (χ0) is 13.7. The molecule has 102 valence electrons. The lowest BCUT2D eigenvalue weighted by Gasteiger charge is -2.20. The van der Waals surface area contributed by atoms with Gasteiger partial charge in [0.25, 0.3) is 0 Å². The number of hydrogen-bond donors (Lipinski definition) is 1. The van der Waals surface area contributed by atoms with Gasteiger partial charge in [0.2, 0.25) is 0 Å². The molecule has 1 rings (SSSR count). The lowest BCUT2D eigenvalue weighted by atomic mass is 10.1. The van der Waals surface area contributed by atoms with E-state index < -0.39 is 10.8 Å². The molecule has 5 heteroatoms. The lowest BCUT2D eigenvalue weighted by molar-refractivity contribution is 0.455. The lowest BCUT2D eigenvalue weighted by Crippen LogP contribution is -2.30. The molecule has 0 aliphatic carbocycles. The van der Waals surface area contributed by atoms with E-state index in [4.69, 9.17) is 0 Å². The van der Waals surface area contributed by atoms with Gasteiger partial charge in [-0.15, -0.1) is 0 Å². The van der Waals surface area contributed by atoms with Crippen LogP contribution >= 0.6 is 15.9 Å². The Morgan fingerprint density at radius 2 is 2.11 bits per heavy atom. The largest absolute Gasteiger partial charge is 0.308 e. The molecule has 0 aliphatic rings. The van der Waals surface area contributed by atoms with Crippen molar-refractivity contribution < 1.29 is 8.60 Å². The first kappa shape index (κ1) is 15.8. The van der Waals surface area contributed by atoms with Gasteiger partial charge in [-0.2, -0.15) is 0 Å². The molecule has 3 unspecified atom stereocenters. The van der Waals surface area contributed by atoms with Gasteiger partial charge < -0.3 is 5.32 Å². The van der Waals surface area contributed by atoms with E-state index in [0.717, 1.165) is 10.9 Å². The Kier molecular flexibility index (Phi) is 6.46. The molecule has 0 amide bonds. The van der Waals surface area contributed by atoms with Crippen molar-refractivity contribution in [2.45, 2.75) is 32.4 Å². The van der Waals surface area contributed by atoms with E-state index in [1.807, 2.05) is 19.9 Å². The SMILES string of the molecule is CC(CCS(C)=O)NC(C)c1ccc(Br)cc1F. The van der Waals surface area contributed by atoms with E-state index in [9.17, 15) is 8.60 Å². The average Bonchev–Trinajstić information content (AvgIpc) is 2.26. The van der Waals surface area contributed by atoms with Crippen molar-refractivity contribution in [1.82, 2.24) is 5.32 Å². The van der Waals surface area contributed by atoms with Crippen LogP contribution in [0, 0.1) is 5.82 Å². The van der Waals surface area contributed by atoms with Crippen molar-refractivity contribution >= 4 is 26.7 Å². The molecular weight excluding hydrogens is 317 g/mol. The molecular formula is C13H19BrFNOS. The predicted molar refractivity (Wildman–Crippen MR) is 78.7 cm³/mol. The molecule has 1 N–H and O–H groups in total. The predicted octanol–water partition coefficient (Wildman–Crippen LogP) is 3.40. The second-order valence-electron chi connectivity index (χ2n) is 4.52. The third-order valence-electron chi connectivity index (χ3n) is 2.80. The summed E-state index contributed by atoms with van der Waals surface area (Å²) in [4.78, 5) is 0. The molecule has 3 atom stereocenters. The topological polar surface area (TPSA) is 29.1 Å². The maximum absolute atomic E-state index is 13.7. The molecule has 0 aromatic heterocycles. The summed E-state index contributed by atoms with van der Waals surface area (Å²) < 4.78 is 25.5. The molecule has 0 fully saturated rings. The van der Waals surface area contributed by atoms with Crippen molar-refractivity contribution in [3.63, 3.8) is 0 Å². The second kappa shape index (κ2) is 7.36. The minimum Gasteiger partial charge on any atom is -0.308 e. The van der Waals surface area contributed by atoms with E-state index >= 15 is 0 Å². The molecule has 0 saturated heterocycles. The van der Waals surface area contributed by atoms with E-state index in [0.29, 0.717) is 11.3 Å². The van der Waals surface area contributed by atoms with Gasteiger partial charge in [0, 0.05) is 44.9 Å². The highest BCUT2D eigenvalue weighted by molar-refractivity contribution is 9.10. The smallest absolute Gasteiger partial charge is 0.129 e. The summed E-state index contributed by atoms with van der Waals surface area (Å²) in [5.74, 6) is 0.458. The summed E-state index contributed by atoms with van der Waals surface area (Å²) in [5, 5.41) is 3.32. The summed E-state index contributed by atoms with van der Waals surface area (Å²) in [6.07, 6.45) is 2.52. The van der Waals surface area contributed by atoms with Crippen molar-refractivity contribution in [3.05, 3.63) is 34.1 Å². The van der Waals surface area contributed by atoms with Crippen molar-refractivity contribution in [3.8, 4) is 0 Å². The molecule has 0 aliphatic heterocycles. The van der Waals surface area contributed by atoms with E-state index in [1.54, 1.807) is 12.3 Å². The maximum Gasteiger partial charge on any atom is 0.129 e. The van der Waals surface area contributed by atoms with E-state index in [2.05, 4.69) is 21.2 Å². The molecule has 0 radical (unpaired) electrons. The zero-order valence-electron chi connectivity index (χ0n) is 10.9. The third-order valence-corrected chi connectivity index (χ3v) is 4.11. The van der Waals surface area contributed by atoms with Crippen LogP contribution in [0.5, 0.6) is 0 Å². The highest BCUT2D eigenvalue weighted by Gasteiger charge is 2.13. The molecule has 0 bridgehead atoms. The summed E-state index contributed by atoms with van der Waals surface area (Å²) in [5.41, 5.74) is 0.655. The van der Waals surface area contributed by atoms with Gasteiger partial charge in [0.05, 0.1) is 0 Å². The Hall–Kier alpha value is -0.260. The van der Waals surface area contributed by atoms with Crippen LogP contribution in [0.4, 0.5) is 4.39 Å². The fraction of sp³-hybridized carbons (Fsp3) is 0.538. The van der Waals surface area contributed by atoms with Crippen LogP contribution in [-0.2, 0) is 10.8 Å². The molecule has 0 heterocycles. The van der Waals surface area contributed by atoms with Crippen LogP contribution in [0.25, 0.3) is 0 Å². The molecule has 0 saturated carbocycles. The normalized spacial score (nSPS) is 16.3. The van der Waals surface area contributed by atoms with E-state index in [1.165, 1.54) is 6.07 Å². The van der Waals surface area contributed by atoms with Crippen LogP contribution in [0.1, 0.15) is 31.9 Å². The quantitative estimate of drug-likeness (QED) is 0.863. The Balaban J connectivity index is 2.59. The van der Waals surface area contributed by atoms with Gasteiger partial charge in [-0.3, -0.25) is 4.21 Å². The van der Waals surface area contributed by atoms with Crippen LogP contribution < -0.4 is 5.32 Å². The first-order valence-corrected chi connectivity index (χ1v) is 8.43. The molecule has 18 heavy (non-hydrogen) atoms. The number of benzene rings is 1. The van der Waals surface area contributed by atoms with Crippen molar-refractivity contribution in [2.75, 3.05) is 12.0 Å². The van der Waals surface area contributed by atoms with Crippen LogP contribution in [0.2, 0.25) is 0 Å². The highest BCUT2D eigenvalue weighted by Crippen LogP contribution is 2.21. The monoisotopic (exact) mass is 335 g/mol. The summed E-state index contributed by atoms with van der Waals surface area (Å²) in [6, 6.07) is 5.24. The van der Waals surface area contributed by atoms with Crippen LogP contribution in [0.15, 0.2) is 22.7 Å². The zero-order valence-corrected chi connectivity index (χ0v) is 13.3. The summed E-state index contributed by atoms with van der Waals surface area (Å²) in [7, 11) is -0.773. The minimum atomic E-state index is -0.773. The first-order chi connectivity index (χ1) is 8.40. The summed E-state index contributed by atoms with van der Waals surface area (Å²) in [6.45, 7) is 3.96. The number of rotatable bonds is 6. The fourth-order valence-corrected chi connectivity index (χ4v) is 2.81. The summed E-state index contributed by atoms with van der Waals surface area (Å²) >= 11 is 3.24. The van der Waals surface area contributed by atoms with Gasteiger partial charge in [0.15, 0.2) is 0 Å². The Morgan fingerprint density at radius 1 is 1.44 bits per heavy atom. The van der Waals surface area contributed by atoms with Gasteiger partial charge in [-0.1, -0.05) is 22.0 Å². The average molecular weight is 336 g/mol. The van der Waals surface area contributed by atoms with Gasteiger partial charge >= 0.3 is 0 Å². The first-order valence-electron chi connectivity index (χ1n) is 5.91. The number of nitrogens with one attached hydrogen (secondary N) is 1. The number of halogens is 2. The standard InChI is InChI=1S/C13H19BrFNOS/c1-9(6-7-18(3)17)16-10(2)12-5-4-11(14)8-13(12)15/h4-5,8-10,16H,6-7H2,1-3H3. The molecule has 2 nitrogen and oxygen atoms in total. The molecule has 0 spiro atoms. The Morgan fingerprint density at radius 3 is 2.67 bits per heavy atom. The van der Waals surface area contributed by atoms with Gasteiger partial charge in [-0.05, 0) is 32.4 Å². The van der Waals surface area contributed by atoms with Gasteiger partial charge in [-0.25, -0.2) is 4.39 Å². The molecule has 1 aromatic rings. The Bertz CT molecular complexity index is 427. The van der Waals surface area contributed by atoms with Crippen molar-refractivity contribution in [2.24, 2.45) is 0 Å². The third kappa shape index (κ3) is 5.16. The maximum atomic E-state index is 13.7. The second-order valence-corrected chi connectivity index (χ2v) is 6.99. The fourth-order valence-electron chi connectivity index (χ4n) is 1.80. The molecule has 1 aromatic carbocycles.